The van der Waals surface area contributed by atoms with Gasteiger partial charge in [-0.25, -0.2) is 4.79 Å². The van der Waals surface area contributed by atoms with Crippen molar-refractivity contribution in [3.8, 4) is 0 Å². The summed E-state index contributed by atoms with van der Waals surface area (Å²) in [6.45, 7) is 6.49. The number of nitrogens with zero attached hydrogens (tertiary/aromatic N) is 1. The second-order valence-electron chi connectivity index (χ2n) is 3.69. The molecule has 0 aliphatic rings. The second kappa shape index (κ2) is 3.77. The molecule has 1 amide bonds. The van der Waals surface area contributed by atoms with Crippen molar-refractivity contribution in [3.63, 3.8) is 0 Å². The molecule has 13 heavy (non-hydrogen) atoms. The fraction of sp³-hybridized carbons (Fsp3) is 0.778. The molecule has 0 aromatic rings. The van der Waals surface area contributed by atoms with E-state index in [1.54, 1.807) is 20.8 Å². The first kappa shape index (κ1) is 11.9. The zero-order valence-electron chi connectivity index (χ0n) is 8.79. The lowest BCUT2D eigenvalue weighted by molar-refractivity contribution is -0.159. The van der Waals surface area contributed by atoms with E-state index >= 15 is 0 Å². The number of carboxylic acid groups (broad SMARTS) is 1. The van der Waals surface area contributed by atoms with E-state index in [1.165, 1.54) is 18.9 Å². The van der Waals surface area contributed by atoms with Crippen LogP contribution in [0.3, 0.4) is 0 Å². The highest BCUT2D eigenvalue weighted by molar-refractivity contribution is 5.85. The first-order valence-corrected chi connectivity index (χ1v) is 4.22. The normalized spacial score (nSPS) is 15.2. The maximum Gasteiger partial charge on any atom is 0.329 e. The largest absolute Gasteiger partial charge is 0.479 e. The molecular formula is C9H17NO3. The zero-order valence-corrected chi connectivity index (χ0v) is 8.79. The van der Waals surface area contributed by atoms with E-state index in [0.29, 0.717) is 0 Å². The third-order valence-corrected chi connectivity index (χ3v) is 2.73. The molecule has 0 fully saturated rings. The number of hydrogen-bond acceptors (Lipinski definition) is 2. The molecule has 4 nitrogen and oxygen atoms in total. The van der Waals surface area contributed by atoms with Gasteiger partial charge < -0.3 is 10.0 Å². The number of carbonyl (C=O) groups is 2. The van der Waals surface area contributed by atoms with Gasteiger partial charge in [0.15, 0.2) is 0 Å². The minimum absolute atomic E-state index is 0.126. The van der Waals surface area contributed by atoms with Crippen molar-refractivity contribution in [1.82, 2.24) is 4.90 Å². The van der Waals surface area contributed by atoms with E-state index in [0.717, 1.165) is 0 Å². The Morgan fingerprint density at radius 2 is 1.77 bits per heavy atom. The summed E-state index contributed by atoms with van der Waals surface area (Å²) in [5.41, 5.74) is -1.12. The highest BCUT2D eigenvalue weighted by Crippen LogP contribution is 2.23. The number of carboxylic acids is 1. The van der Waals surface area contributed by atoms with Crippen LogP contribution in [-0.4, -0.2) is 34.5 Å². The monoisotopic (exact) mass is 187 g/mol. The van der Waals surface area contributed by atoms with E-state index in [4.69, 9.17) is 5.11 Å². The van der Waals surface area contributed by atoms with Crippen LogP contribution in [0.2, 0.25) is 0 Å². The van der Waals surface area contributed by atoms with Gasteiger partial charge in [-0.1, -0.05) is 13.8 Å². The van der Waals surface area contributed by atoms with Crippen molar-refractivity contribution >= 4 is 11.9 Å². The Hall–Kier alpha value is -1.06. The zero-order chi connectivity index (χ0) is 10.8. The van der Waals surface area contributed by atoms with Crippen LogP contribution in [0.1, 0.15) is 27.7 Å². The highest BCUT2D eigenvalue weighted by atomic mass is 16.4. The van der Waals surface area contributed by atoms with Gasteiger partial charge in [-0.05, 0) is 12.8 Å². The van der Waals surface area contributed by atoms with Crippen molar-refractivity contribution in [2.75, 3.05) is 7.05 Å². The molecule has 1 unspecified atom stereocenters. The Morgan fingerprint density at radius 3 is 1.85 bits per heavy atom. The summed E-state index contributed by atoms with van der Waals surface area (Å²) < 4.78 is 0. The third-order valence-electron chi connectivity index (χ3n) is 2.73. The molecule has 0 bridgehead atoms. The maximum atomic E-state index is 11.1. The summed E-state index contributed by atoms with van der Waals surface area (Å²) in [4.78, 5) is 23.3. The van der Waals surface area contributed by atoms with E-state index in [-0.39, 0.29) is 11.8 Å². The Balaban J connectivity index is 5.01. The Morgan fingerprint density at radius 1 is 1.38 bits per heavy atom. The lowest BCUT2D eigenvalue weighted by Crippen LogP contribution is -2.56. The minimum Gasteiger partial charge on any atom is -0.479 e. The molecule has 4 heteroatoms. The fourth-order valence-corrected chi connectivity index (χ4v) is 1.10. The Kier molecular flexibility index (Phi) is 3.46. The van der Waals surface area contributed by atoms with Crippen LogP contribution in [0.15, 0.2) is 0 Å². The van der Waals surface area contributed by atoms with Gasteiger partial charge >= 0.3 is 5.97 Å². The summed E-state index contributed by atoms with van der Waals surface area (Å²) in [7, 11) is 1.51. The van der Waals surface area contributed by atoms with Crippen LogP contribution >= 0.6 is 0 Å². The molecule has 1 N–H and O–H groups in total. The molecule has 0 heterocycles. The van der Waals surface area contributed by atoms with Gasteiger partial charge in [0.05, 0.1) is 0 Å². The van der Waals surface area contributed by atoms with Crippen LogP contribution in [0.5, 0.6) is 0 Å². The Labute approximate surface area is 78.5 Å². The number of aliphatic carboxylic acids is 1. The van der Waals surface area contributed by atoms with Crippen LogP contribution in [-0.2, 0) is 9.59 Å². The van der Waals surface area contributed by atoms with E-state index in [9.17, 15) is 9.59 Å². The highest BCUT2D eigenvalue weighted by Gasteiger charge is 2.41. The van der Waals surface area contributed by atoms with Crippen LogP contribution in [0.4, 0.5) is 0 Å². The molecule has 0 aliphatic heterocycles. The van der Waals surface area contributed by atoms with Crippen molar-refractivity contribution in [1.29, 1.82) is 0 Å². The molecular weight excluding hydrogens is 170 g/mol. The number of rotatable bonds is 3. The average molecular weight is 187 g/mol. The van der Waals surface area contributed by atoms with Crippen molar-refractivity contribution in [2.24, 2.45) is 5.92 Å². The molecule has 0 rings (SSSR count). The van der Waals surface area contributed by atoms with Gasteiger partial charge in [0.2, 0.25) is 5.91 Å². The number of likely N-dealkylation sites (N-methyl/N-ethyl adjacent to an activating group) is 1. The van der Waals surface area contributed by atoms with Gasteiger partial charge in [-0.15, -0.1) is 0 Å². The van der Waals surface area contributed by atoms with Crippen LogP contribution in [0.25, 0.3) is 0 Å². The van der Waals surface area contributed by atoms with Gasteiger partial charge in [0.1, 0.15) is 5.54 Å². The van der Waals surface area contributed by atoms with Gasteiger partial charge in [0, 0.05) is 14.0 Å². The summed E-state index contributed by atoms with van der Waals surface area (Å²) in [5, 5.41) is 9.03. The van der Waals surface area contributed by atoms with Crippen LogP contribution in [0, 0.1) is 5.92 Å². The van der Waals surface area contributed by atoms with E-state index < -0.39 is 11.5 Å². The standard InChI is InChI=1S/C9H17NO3/c1-6(2)9(4,8(12)13)10(5)7(3)11/h6H,1-5H3,(H,12,13). The first-order chi connectivity index (χ1) is 5.74. The minimum atomic E-state index is -1.12. The van der Waals surface area contributed by atoms with E-state index in [1.807, 2.05) is 0 Å². The SMILES string of the molecule is CC(=O)N(C)C(C)(C(=O)O)C(C)C. The fourth-order valence-electron chi connectivity index (χ4n) is 1.10. The lowest BCUT2D eigenvalue weighted by Gasteiger charge is -2.37. The summed E-state index contributed by atoms with van der Waals surface area (Å²) >= 11 is 0. The predicted molar refractivity (Wildman–Crippen MR) is 49.3 cm³/mol. The lowest BCUT2D eigenvalue weighted by atomic mass is 9.87. The van der Waals surface area contributed by atoms with Gasteiger partial charge in [-0.2, -0.15) is 0 Å². The predicted octanol–water partition coefficient (Wildman–Crippen LogP) is 0.964. The quantitative estimate of drug-likeness (QED) is 0.716. The van der Waals surface area contributed by atoms with Gasteiger partial charge in [-0.3, -0.25) is 4.79 Å². The molecule has 0 aromatic carbocycles. The molecule has 76 valence electrons. The molecule has 0 saturated heterocycles. The molecule has 0 aliphatic carbocycles. The van der Waals surface area contributed by atoms with E-state index in [2.05, 4.69) is 0 Å². The third kappa shape index (κ3) is 1.99. The first-order valence-electron chi connectivity index (χ1n) is 4.22. The van der Waals surface area contributed by atoms with Crippen molar-refractivity contribution in [3.05, 3.63) is 0 Å². The Bertz CT molecular complexity index is 225. The molecule has 0 spiro atoms. The molecule has 0 saturated carbocycles. The van der Waals surface area contributed by atoms with Crippen molar-refractivity contribution < 1.29 is 14.7 Å². The molecule has 0 aromatic heterocycles. The summed E-state index contributed by atoms with van der Waals surface area (Å²) in [6, 6.07) is 0. The number of amides is 1. The van der Waals surface area contributed by atoms with Crippen LogP contribution < -0.4 is 0 Å². The van der Waals surface area contributed by atoms with Crippen molar-refractivity contribution in [2.45, 2.75) is 33.2 Å². The van der Waals surface area contributed by atoms with Gasteiger partial charge in [0.25, 0.3) is 0 Å². The topological polar surface area (TPSA) is 57.6 Å². The number of hydrogen-bond donors (Lipinski definition) is 1. The molecule has 1 atom stereocenters. The number of carbonyl (C=O) groups excluding carboxylic acids is 1. The molecule has 0 radical (unpaired) electrons. The second-order valence-corrected chi connectivity index (χ2v) is 3.69. The smallest absolute Gasteiger partial charge is 0.329 e. The summed E-state index contributed by atoms with van der Waals surface area (Å²) in [6.07, 6.45) is 0. The maximum absolute atomic E-state index is 11.1. The summed E-state index contributed by atoms with van der Waals surface area (Å²) in [5.74, 6) is -1.34. The average Bonchev–Trinajstić information content (AvgIpc) is 2.00.